The number of carbonyl (C=O) groups is 1. The van der Waals surface area contributed by atoms with Gasteiger partial charge in [0, 0.05) is 32.4 Å². The molecule has 2 fully saturated rings. The average molecular weight is 372 g/mol. The minimum absolute atomic E-state index is 0.0441. The molecule has 2 amide bonds. The minimum Gasteiger partial charge on any atom is -0.317 e. The van der Waals surface area contributed by atoms with E-state index in [0.29, 0.717) is 37.6 Å². The standard InChI is InChI=1S/C18H20N4O3S/c23-18-20(12-15-6-4-5-9-19-15)13-16-14-21(10-11-22(16)18)26(24,25)17-7-2-1-3-8-17/h1-9,16H,10-14H2. The van der Waals surface area contributed by atoms with Crippen molar-refractivity contribution in [2.45, 2.75) is 17.5 Å². The molecule has 2 aliphatic rings. The molecule has 2 aromatic rings. The monoisotopic (exact) mass is 372 g/mol. The summed E-state index contributed by atoms with van der Waals surface area (Å²) >= 11 is 0. The summed E-state index contributed by atoms with van der Waals surface area (Å²) in [4.78, 5) is 20.7. The van der Waals surface area contributed by atoms with Gasteiger partial charge in [-0.1, -0.05) is 24.3 Å². The van der Waals surface area contributed by atoms with Gasteiger partial charge in [-0.3, -0.25) is 4.98 Å². The van der Waals surface area contributed by atoms with Crippen LogP contribution in [-0.4, -0.2) is 65.8 Å². The van der Waals surface area contributed by atoms with Crippen LogP contribution in [0.1, 0.15) is 5.69 Å². The van der Waals surface area contributed by atoms with Gasteiger partial charge in [-0.05, 0) is 24.3 Å². The lowest BCUT2D eigenvalue weighted by molar-refractivity contribution is 0.159. The van der Waals surface area contributed by atoms with Crippen LogP contribution in [-0.2, 0) is 16.6 Å². The summed E-state index contributed by atoms with van der Waals surface area (Å²) in [5.74, 6) is 0. The molecule has 0 radical (unpaired) electrons. The molecule has 26 heavy (non-hydrogen) atoms. The third-order valence-corrected chi connectivity index (χ3v) is 6.73. The fourth-order valence-electron chi connectivity index (χ4n) is 3.53. The summed E-state index contributed by atoms with van der Waals surface area (Å²) in [6.07, 6.45) is 1.71. The van der Waals surface area contributed by atoms with E-state index in [1.807, 2.05) is 18.2 Å². The van der Waals surface area contributed by atoms with Crippen molar-refractivity contribution in [1.29, 1.82) is 0 Å². The molecule has 2 aliphatic heterocycles. The van der Waals surface area contributed by atoms with E-state index in [1.165, 1.54) is 4.31 Å². The number of piperazine rings is 1. The van der Waals surface area contributed by atoms with Crippen molar-refractivity contribution in [3.63, 3.8) is 0 Å². The van der Waals surface area contributed by atoms with Crippen LogP contribution in [0.15, 0.2) is 59.6 Å². The normalized spacial score (nSPS) is 21.1. The highest BCUT2D eigenvalue weighted by atomic mass is 32.2. The number of hydrogen-bond acceptors (Lipinski definition) is 4. The zero-order valence-corrected chi connectivity index (χ0v) is 15.0. The maximum atomic E-state index is 12.8. The maximum Gasteiger partial charge on any atom is 0.320 e. The number of rotatable bonds is 4. The number of amides is 2. The first-order valence-electron chi connectivity index (χ1n) is 8.56. The quantitative estimate of drug-likeness (QED) is 0.813. The van der Waals surface area contributed by atoms with Gasteiger partial charge in [-0.15, -0.1) is 0 Å². The third kappa shape index (κ3) is 3.06. The van der Waals surface area contributed by atoms with Crippen molar-refractivity contribution in [3.05, 3.63) is 60.4 Å². The third-order valence-electron chi connectivity index (χ3n) is 4.85. The number of pyridine rings is 1. The van der Waals surface area contributed by atoms with Gasteiger partial charge in [-0.25, -0.2) is 13.2 Å². The molecule has 4 rings (SSSR count). The van der Waals surface area contributed by atoms with E-state index in [0.717, 1.165) is 5.69 Å². The van der Waals surface area contributed by atoms with Crippen molar-refractivity contribution in [3.8, 4) is 0 Å². The minimum atomic E-state index is -3.53. The molecule has 7 nitrogen and oxygen atoms in total. The van der Waals surface area contributed by atoms with E-state index in [9.17, 15) is 13.2 Å². The highest BCUT2D eigenvalue weighted by molar-refractivity contribution is 7.89. The Morgan fingerprint density at radius 2 is 1.77 bits per heavy atom. The summed E-state index contributed by atoms with van der Waals surface area (Å²) in [5, 5.41) is 0. The van der Waals surface area contributed by atoms with Crippen LogP contribution < -0.4 is 0 Å². The van der Waals surface area contributed by atoms with Crippen LogP contribution >= 0.6 is 0 Å². The van der Waals surface area contributed by atoms with E-state index in [1.54, 1.807) is 46.3 Å². The molecule has 1 atom stereocenters. The zero-order valence-electron chi connectivity index (χ0n) is 14.2. The second kappa shape index (κ2) is 6.69. The highest BCUT2D eigenvalue weighted by Crippen LogP contribution is 2.25. The predicted octanol–water partition coefficient (Wildman–Crippen LogP) is 1.39. The number of sulfonamides is 1. The van der Waals surface area contributed by atoms with Crippen molar-refractivity contribution in [1.82, 2.24) is 19.1 Å². The molecule has 136 valence electrons. The predicted molar refractivity (Wildman–Crippen MR) is 95.7 cm³/mol. The second-order valence-electron chi connectivity index (χ2n) is 6.51. The van der Waals surface area contributed by atoms with Gasteiger partial charge in [0.2, 0.25) is 10.0 Å². The van der Waals surface area contributed by atoms with E-state index in [4.69, 9.17) is 0 Å². The van der Waals surface area contributed by atoms with Crippen molar-refractivity contribution in [2.24, 2.45) is 0 Å². The van der Waals surface area contributed by atoms with Gasteiger partial charge in [0.05, 0.1) is 23.2 Å². The molecule has 2 saturated heterocycles. The number of urea groups is 1. The van der Waals surface area contributed by atoms with Crippen LogP contribution in [0.2, 0.25) is 0 Å². The van der Waals surface area contributed by atoms with Gasteiger partial charge in [0.1, 0.15) is 0 Å². The van der Waals surface area contributed by atoms with Gasteiger partial charge in [-0.2, -0.15) is 4.31 Å². The lowest BCUT2D eigenvalue weighted by Crippen LogP contribution is -2.53. The first-order valence-corrected chi connectivity index (χ1v) is 10.0. The van der Waals surface area contributed by atoms with Crippen LogP contribution in [0.3, 0.4) is 0 Å². The highest BCUT2D eigenvalue weighted by Gasteiger charge is 2.43. The summed E-state index contributed by atoms with van der Waals surface area (Å²) in [7, 11) is -3.53. The molecular formula is C18H20N4O3S. The Morgan fingerprint density at radius 1 is 1.00 bits per heavy atom. The van der Waals surface area contributed by atoms with Crippen molar-refractivity contribution < 1.29 is 13.2 Å². The fourth-order valence-corrected chi connectivity index (χ4v) is 5.02. The molecule has 1 unspecified atom stereocenters. The molecular weight excluding hydrogens is 352 g/mol. The van der Waals surface area contributed by atoms with E-state index in [-0.39, 0.29) is 12.1 Å². The van der Waals surface area contributed by atoms with Crippen molar-refractivity contribution >= 4 is 16.1 Å². The summed E-state index contributed by atoms with van der Waals surface area (Å²) in [6.45, 7) is 2.00. The lowest BCUT2D eigenvalue weighted by atomic mass is 10.2. The van der Waals surface area contributed by atoms with Crippen LogP contribution in [0, 0.1) is 0 Å². The molecule has 8 heteroatoms. The Bertz CT molecular complexity index is 889. The summed E-state index contributed by atoms with van der Waals surface area (Å²) in [5.41, 5.74) is 0.828. The van der Waals surface area contributed by atoms with E-state index in [2.05, 4.69) is 4.98 Å². The smallest absolute Gasteiger partial charge is 0.317 e. The molecule has 3 heterocycles. The van der Waals surface area contributed by atoms with Gasteiger partial charge < -0.3 is 9.80 Å². The van der Waals surface area contributed by atoms with Crippen LogP contribution in [0.25, 0.3) is 0 Å². The Kier molecular flexibility index (Phi) is 4.37. The van der Waals surface area contributed by atoms with E-state index >= 15 is 0 Å². The molecule has 0 N–H and O–H groups in total. The summed E-state index contributed by atoms with van der Waals surface area (Å²) < 4.78 is 27.1. The molecule has 0 aliphatic carbocycles. The van der Waals surface area contributed by atoms with E-state index < -0.39 is 10.0 Å². The van der Waals surface area contributed by atoms with Gasteiger partial charge in [0.25, 0.3) is 0 Å². The SMILES string of the molecule is O=C1N(Cc2ccccn2)CC2CN(S(=O)(=O)c3ccccc3)CCN12. The molecule has 0 spiro atoms. The first kappa shape index (κ1) is 17.0. The average Bonchev–Trinajstić information content (AvgIpc) is 2.98. The maximum absolute atomic E-state index is 12.8. The molecule has 0 saturated carbocycles. The largest absolute Gasteiger partial charge is 0.320 e. The van der Waals surface area contributed by atoms with Gasteiger partial charge in [0.15, 0.2) is 0 Å². The Balaban J connectivity index is 1.48. The van der Waals surface area contributed by atoms with Gasteiger partial charge >= 0.3 is 6.03 Å². The first-order chi connectivity index (χ1) is 12.6. The number of nitrogens with zero attached hydrogens (tertiary/aromatic N) is 4. The molecule has 1 aromatic heterocycles. The zero-order chi connectivity index (χ0) is 18.1. The van der Waals surface area contributed by atoms with Crippen LogP contribution in [0.4, 0.5) is 4.79 Å². The summed E-state index contributed by atoms with van der Waals surface area (Å²) in [6, 6.07) is 13.9. The fraction of sp³-hybridized carbons (Fsp3) is 0.333. The van der Waals surface area contributed by atoms with Crippen LogP contribution in [0.5, 0.6) is 0 Å². The Hall–Kier alpha value is -2.45. The lowest BCUT2D eigenvalue weighted by Gasteiger charge is -2.35. The number of benzene rings is 1. The molecule has 0 bridgehead atoms. The Labute approximate surface area is 152 Å². The van der Waals surface area contributed by atoms with Crippen molar-refractivity contribution in [2.75, 3.05) is 26.2 Å². The number of carbonyl (C=O) groups excluding carboxylic acids is 1. The number of aromatic nitrogens is 1. The Morgan fingerprint density at radius 3 is 2.50 bits per heavy atom. The number of hydrogen-bond donors (Lipinski definition) is 0. The number of fused-ring (bicyclic) bond motifs is 1. The topological polar surface area (TPSA) is 73.8 Å². The molecule has 1 aromatic carbocycles. The second-order valence-corrected chi connectivity index (χ2v) is 8.45.